The van der Waals surface area contributed by atoms with Crippen molar-refractivity contribution >= 4 is 27.7 Å². The summed E-state index contributed by atoms with van der Waals surface area (Å²) in [6.07, 6.45) is 3.33. The van der Waals surface area contributed by atoms with E-state index in [9.17, 15) is 9.59 Å². The van der Waals surface area contributed by atoms with Gasteiger partial charge in [-0.25, -0.2) is 4.79 Å². The number of benzene rings is 1. The predicted molar refractivity (Wildman–Crippen MR) is 105 cm³/mol. The van der Waals surface area contributed by atoms with Crippen molar-refractivity contribution in [2.75, 3.05) is 0 Å². The first-order valence-electron chi connectivity index (χ1n) is 9.20. The van der Waals surface area contributed by atoms with Crippen molar-refractivity contribution in [2.24, 2.45) is 17.8 Å². The zero-order valence-electron chi connectivity index (χ0n) is 15.4. The van der Waals surface area contributed by atoms with E-state index in [1.165, 1.54) is 5.57 Å². The second-order valence-corrected chi connectivity index (χ2v) is 8.48. The van der Waals surface area contributed by atoms with Crippen molar-refractivity contribution in [3.05, 3.63) is 57.6 Å². The van der Waals surface area contributed by atoms with Crippen LogP contribution in [0.1, 0.15) is 45.1 Å². The van der Waals surface area contributed by atoms with Gasteiger partial charge in [0.2, 0.25) is 0 Å². The Balaban J connectivity index is 1.65. The first kappa shape index (κ1) is 19.1. The molecule has 0 amide bonds. The summed E-state index contributed by atoms with van der Waals surface area (Å²) in [6, 6.07) is 7.71. The molecule has 1 unspecified atom stereocenters. The number of ketones is 1. The highest BCUT2D eigenvalue weighted by Crippen LogP contribution is 2.45. The van der Waals surface area contributed by atoms with Crippen LogP contribution in [0, 0.1) is 17.8 Å². The number of ether oxygens (including phenoxy) is 1. The van der Waals surface area contributed by atoms with E-state index >= 15 is 0 Å². The summed E-state index contributed by atoms with van der Waals surface area (Å²) in [5.74, 6) is 0.824. The molecular formula is C22H25BrO3. The predicted octanol–water partition coefficient (Wildman–Crippen LogP) is 5.39. The van der Waals surface area contributed by atoms with Crippen molar-refractivity contribution in [1.82, 2.24) is 0 Å². The van der Waals surface area contributed by atoms with Gasteiger partial charge in [-0.1, -0.05) is 47.1 Å². The number of carbonyl (C=O) groups excluding carboxylic acids is 2. The lowest BCUT2D eigenvalue weighted by Gasteiger charge is -2.19. The summed E-state index contributed by atoms with van der Waals surface area (Å²) in [4.78, 5) is 24.6. The summed E-state index contributed by atoms with van der Waals surface area (Å²) in [6.45, 7) is 8.43. The van der Waals surface area contributed by atoms with Crippen LogP contribution >= 0.6 is 15.9 Å². The molecular weight excluding hydrogens is 392 g/mol. The normalized spacial score (nSPS) is 25.7. The average molecular weight is 417 g/mol. The minimum absolute atomic E-state index is 0.0655. The summed E-state index contributed by atoms with van der Waals surface area (Å²) in [5, 5.41) is 0. The number of carbonyl (C=O) groups is 2. The van der Waals surface area contributed by atoms with E-state index in [0.717, 1.165) is 34.9 Å². The van der Waals surface area contributed by atoms with Gasteiger partial charge < -0.3 is 4.74 Å². The van der Waals surface area contributed by atoms with Crippen molar-refractivity contribution < 1.29 is 14.3 Å². The Kier molecular flexibility index (Phi) is 5.81. The number of hydrogen-bond acceptors (Lipinski definition) is 3. The third kappa shape index (κ3) is 4.01. The average Bonchev–Trinajstić information content (AvgIpc) is 2.81. The van der Waals surface area contributed by atoms with Crippen LogP contribution in [-0.2, 0) is 20.9 Å². The standard InChI is InChI=1S/C22H25BrO3/c1-13-4-7-17(10-20-15(3)21(24)11-19(13)20)14(2)22(25)26-12-16-5-8-18(23)9-6-16/h5-6,8-9,13,17,19H,2,4,7,10-12H2,1,3H3/t13?,17-,19-/m0/s1. The molecule has 4 heteroatoms. The van der Waals surface area contributed by atoms with Gasteiger partial charge in [0.25, 0.3) is 0 Å². The van der Waals surface area contributed by atoms with Crippen LogP contribution in [-0.4, -0.2) is 11.8 Å². The number of allylic oxidation sites excluding steroid dienone is 2. The molecule has 1 aromatic rings. The number of halogens is 1. The van der Waals surface area contributed by atoms with Gasteiger partial charge >= 0.3 is 5.97 Å². The SMILES string of the molecule is C=C(C(=O)OCc1ccc(Br)cc1)[C@H]1CCC(C)[C@@H]2CC(=O)C(C)=C2C1. The molecule has 3 atom stereocenters. The number of esters is 1. The molecule has 0 bridgehead atoms. The summed E-state index contributed by atoms with van der Waals surface area (Å²) < 4.78 is 6.47. The number of hydrogen-bond donors (Lipinski definition) is 0. The van der Waals surface area contributed by atoms with Crippen molar-refractivity contribution in [1.29, 1.82) is 0 Å². The smallest absolute Gasteiger partial charge is 0.334 e. The molecule has 0 radical (unpaired) electrons. The van der Waals surface area contributed by atoms with Crippen LogP contribution in [0.15, 0.2) is 52.0 Å². The molecule has 138 valence electrons. The molecule has 3 nitrogen and oxygen atoms in total. The highest BCUT2D eigenvalue weighted by molar-refractivity contribution is 9.10. The van der Waals surface area contributed by atoms with Crippen LogP contribution < -0.4 is 0 Å². The molecule has 0 saturated heterocycles. The van der Waals surface area contributed by atoms with E-state index in [2.05, 4.69) is 29.4 Å². The molecule has 0 N–H and O–H groups in total. The molecule has 1 saturated carbocycles. The highest BCUT2D eigenvalue weighted by atomic mass is 79.9. The Morgan fingerprint density at radius 2 is 1.92 bits per heavy atom. The maximum Gasteiger partial charge on any atom is 0.334 e. The van der Waals surface area contributed by atoms with Gasteiger partial charge in [-0.3, -0.25) is 4.79 Å². The van der Waals surface area contributed by atoms with E-state index in [1.54, 1.807) is 0 Å². The lowest BCUT2D eigenvalue weighted by molar-refractivity contribution is -0.141. The molecule has 26 heavy (non-hydrogen) atoms. The second kappa shape index (κ2) is 7.91. The lowest BCUT2D eigenvalue weighted by atomic mass is 9.86. The van der Waals surface area contributed by atoms with E-state index in [1.807, 2.05) is 31.2 Å². The Morgan fingerprint density at radius 1 is 1.23 bits per heavy atom. The van der Waals surface area contributed by atoms with Crippen LogP contribution in [0.2, 0.25) is 0 Å². The highest BCUT2D eigenvalue weighted by Gasteiger charge is 2.38. The van der Waals surface area contributed by atoms with Crippen molar-refractivity contribution in [3.63, 3.8) is 0 Å². The quantitative estimate of drug-likeness (QED) is 0.487. The maximum absolute atomic E-state index is 12.5. The van der Waals surface area contributed by atoms with Crippen LogP contribution in [0.5, 0.6) is 0 Å². The Morgan fingerprint density at radius 3 is 2.62 bits per heavy atom. The summed E-state index contributed by atoms with van der Waals surface area (Å²) in [7, 11) is 0. The van der Waals surface area contributed by atoms with E-state index in [0.29, 0.717) is 23.8 Å². The van der Waals surface area contributed by atoms with E-state index in [4.69, 9.17) is 4.74 Å². The maximum atomic E-state index is 12.5. The fraction of sp³-hybridized carbons (Fsp3) is 0.455. The van der Waals surface area contributed by atoms with Gasteiger partial charge in [0.15, 0.2) is 5.78 Å². The molecule has 2 aliphatic carbocycles. The summed E-state index contributed by atoms with van der Waals surface area (Å²) >= 11 is 3.39. The molecule has 1 aromatic carbocycles. The van der Waals surface area contributed by atoms with Crippen molar-refractivity contribution in [3.8, 4) is 0 Å². The second-order valence-electron chi connectivity index (χ2n) is 7.57. The number of Topliss-reactive ketones (excluding diaryl/α,β-unsaturated/α-hetero) is 1. The van der Waals surface area contributed by atoms with Gasteiger partial charge in [-0.15, -0.1) is 0 Å². The zero-order valence-corrected chi connectivity index (χ0v) is 17.0. The molecule has 0 spiro atoms. The fourth-order valence-corrected chi connectivity index (χ4v) is 4.37. The van der Waals surface area contributed by atoms with Gasteiger partial charge in [-0.2, -0.15) is 0 Å². The zero-order chi connectivity index (χ0) is 18.8. The topological polar surface area (TPSA) is 43.4 Å². The van der Waals surface area contributed by atoms with Crippen LogP contribution in [0.4, 0.5) is 0 Å². The first-order chi connectivity index (χ1) is 12.4. The van der Waals surface area contributed by atoms with E-state index < -0.39 is 0 Å². The van der Waals surface area contributed by atoms with Gasteiger partial charge in [0.05, 0.1) is 0 Å². The molecule has 1 fully saturated rings. The molecule has 0 aromatic heterocycles. The van der Waals surface area contributed by atoms with Gasteiger partial charge in [0.1, 0.15) is 6.61 Å². The van der Waals surface area contributed by atoms with E-state index in [-0.39, 0.29) is 24.3 Å². The lowest BCUT2D eigenvalue weighted by Crippen LogP contribution is -2.15. The van der Waals surface area contributed by atoms with Crippen LogP contribution in [0.3, 0.4) is 0 Å². The molecule has 0 aliphatic heterocycles. The summed E-state index contributed by atoms with van der Waals surface area (Å²) in [5.41, 5.74) is 3.63. The Labute approximate surface area is 163 Å². The third-order valence-corrected chi connectivity index (χ3v) is 6.44. The minimum atomic E-state index is -0.327. The monoisotopic (exact) mass is 416 g/mol. The van der Waals surface area contributed by atoms with Crippen LogP contribution in [0.25, 0.3) is 0 Å². The van der Waals surface area contributed by atoms with Gasteiger partial charge in [0, 0.05) is 16.5 Å². The molecule has 2 aliphatic rings. The number of fused-ring (bicyclic) bond motifs is 1. The fourth-order valence-electron chi connectivity index (χ4n) is 4.10. The third-order valence-electron chi connectivity index (χ3n) is 5.91. The Bertz CT molecular complexity index is 760. The molecule has 0 heterocycles. The minimum Gasteiger partial charge on any atom is -0.457 e. The Hall–Kier alpha value is -1.68. The molecule has 3 rings (SSSR count). The largest absolute Gasteiger partial charge is 0.457 e. The number of rotatable bonds is 4. The van der Waals surface area contributed by atoms with Gasteiger partial charge in [-0.05, 0) is 67.2 Å². The first-order valence-corrected chi connectivity index (χ1v) is 9.99. The van der Waals surface area contributed by atoms with Crippen molar-refractivity contribution in [2.45, 2.75) is 46.1 Å².